The molecule has 2 aromatic carbocycles. The van der Waals surface area contributed by atoms with Crippen molar-refractivity contribution in [2.45, 2.75) is 40.0 Å². The monoisotopic (exact) mass is 367 g/mol. The Labute approximate surface area is 159 Å². The van der Waals surface area contributed by atoms with Crippen LogP contribution in [-0.4, -0.2) is 15.1 Å². The van der Waals surface area contributed by atoms with Gasteiger partial charge in [0.1, 0.15) is 11.5 Å². The summed E-state index contributed by atoms with van der Waals surface area (Å²) in [5.74, 6) is -0.0466. The zero-order chi connectivity index (χ0) is 20.0. The minimum atomic E-state index is -0.472. The summed E-state index contributed by atoms with van der Waals surface area (Å²) in [7, 11) is 0. The largest absolute Gasteiger partial charge is 0.507 e. The van der Waals surface area contributed by atoms with E-state index in [2.05, 4.69) is 19.9 Å². The van der Waals surface area contributed by atoms with Gasteiger partial charge < -0.3 is 10.2 Å². The summed E-state index contributed by atoms with van der Waals surface area (Å²) in [6.07, 6.45) is 6.50. The average Bonchev–Trinajstić information content (AvgIpc) is 2.60. The summed E-state index contributed by atoms with van der Waals surface area (Å²) in [5, 5.41) is 31.6. The quantitative estimate of drug-likeness (QED) is 0.362. The number of aromatic hydroxyl groups is 2. The van der Waals surface area contributed by atoms with Crippen LogP contribution in [0.2, 0.25) is 0 Å². The normalized spacial score (nSPS) is 11.3. The van der Waals surface area contributed by atoms with Crippen LogP contribution in [0.25, 0.3) is 11.1 Å². The van der Waals surface area contributed by atoms with Gasteiger partial charge in [-0.15, -0.1) is 0 Å². The third kappa shape index (κ3) is 5.71. The van der Waals surface area contributed by atoms with Gasteiger partial charge in [-0.25, -0.2) is 0 Å². The molecule has 5 heteroatoms. The Balaban J connectivity index is 2.21. The fourth-order valence-corrected chi connectivity index (χ4v) is 2.78. The number of nitrogens with zero attached hydrogens (tertiary/aromatic N) is 1. The summed E-state index contributed by atoms with van der Waals surface area (Å²) in [6.45, 7) is 6.17. The number of non-ortho nitro benzene ring substituents is 1. The topological polar surface area (TPSA) is 83.6 Å². The van der Waals surface area contributed by atoms with Crippen molar-refractivity contribution in [2.24, 2.45) is 0 Å². The highest BCUT2D eigenvalue weighted by molar-refractivity contribution is 5.70. The first-order valence-electron chi connectivity index (χ1n) is 8.86. The van der Waals surface area contributed by atoms with Crippen LogP contribution in [0, 0.1) is 10.1 Å². The lowest BCUT2D eigenvalue weighted by Crippen LogP contribution is -1.90. The molecular weight excluding hydrogens is 342 g/mol. The molecule has 0 radical (unpaired) electrons. The second kappa shape index (κ2) is 9.03. The van der Waals surface area contributed by atoms with Gasteiger partial charge in [0.15, 0.2) is 0 Å². The van der Waals surface area contributed by atoms with Gasteiger partial charge in [-0.2, -0.15) is 0 Å². The molecule has 0 saturated heterocycles. The Kier molecular flexibility index (Phi) is 6.77. The molecule has 0 saturated carbocycles. The van der Waals surface area contributed by atoms with E-state index < -0.39 is 4.92 Å². The van der Waals surface area contributed by atoms with Gasteiger partial charge in [-0.05, 0) is 63.3 Å². The van der Waals surface area contributed by atoms with Crippen LogP contribution in [0.4, 0.5) is 5.69 Å². The first-order chi connectivity index (χ1) is 12.8. The standard InChI is InChI=1S/C22H25NO4/c1-15(2)6-4-7-16(3)10-11-20-21(24)13-18(14-22(20)25)17-8-5-9-19(12-17)23(26)27/h5-6,8-10,12-14,24-25H,4,7,11H2,1-3H3/b16-10+. The molecule has 2 N–H and O–H groups in total. The molecule has 0 amide bonds. The molecule has 0 bridgehead atoms. The van der Waals surface area contributed by atoms with Crippen molar-refractivity contribution < 1.29 is 15.1 Å². The molecular formula is C22H25NO4. The van der Waals surface area contributed by atoms with E-state index in [1.54, 1.807) is 12.1 Å². The SMILES string of the molecule is CC(C)=CCC/C(C)=C/Cc1c(O)cc(-c2cccc([N+](=O)[O-])c2)cc1O. The van der Waals surface area contributed by atoms with Crippen LogP contribution in [0.3, 0.4) is 0 Å². The summed E-state index contributed by atoms with van der Waals surface area (Å²) in [6, 6.07) is 9.16. The van der Waals surface area contributed by atoms with Crippen molar-refractivity contribution in [3.63, 3.8) is 0 Å². The summed E-state index contributed by atoms with van der Waals surface area (Å²) in [5.41, 5.74) is 3.98. The predicted octanol–water partition coefficient (Wildman–Crippen LogP) is 5.91. The molecule has 27 heavy (non-hydrogen) atoms. The fraction of sp³-hybridized carbons (Fsp3) is 0.273. The molecule has 5 nitrogen and oxygen atoms in total. The molecule has 0 aliphatic rings. The maximum absolute atomic E-state index is 10.9. The van der Waals surface area contributed by atoms with Crippen LogP contribution in [0.15, 0.2) is 59.7 Å². The van der Waals surface area contributed by atoms with E-state index in [0.717, 1.165) is 12.8 Å². The molecule has 0 heterocycles. The number of hydrogen-bond acceptors (Lipinski definition) is 4. The number of nitro benzene ring substituents is 1. The lowest BCUT2D eigenvalue weighted by Gasteiger charge is -2.10. The van der Waals surface area contributed by atoms with Gasteiger partial charge in [0.25, 0.3) is 5.69 Å². The van der Waals surface area contributed by atoms with Gasteiger partial charge in [0.05, 0.1) is 4.92 Å². The maximum Gasteiger partial charge on any atom is 0.270 e. The third-order valence-electron chi connectivity index (χ3n) is 4.34. The Morgan fingerprint density at radius 2 is 1.70 bits per heavy atom. The van der Waals surface area contributed by atoms with Crippen LogP contribution in [0.5, 0.6) is 11.5 Å². The molecule has 2 aromatic rings. The van der Waals surface area contributed by atoms with E-state index in [1.165, 1.54) is 35.4 Å². The minimum Gasteiger partial charge on any atom is -0.507 e. The first-order valence-corrected chi connectivity index (χ1v) is 8.86. The summed E-state index contributed by atoms with van der Waals surface area (Å²) < 4.78 is 0. The molecule has 0 aliphatic heterocycles. The van der Waals surface area contributed by atoms with Crippen molar-refractivity contribution in [3.05, 3.63) is 75.4 Å². The van der Waals surface area contributed by atoms with E-state index in [4.69, 9.17) is 0 Å². The highest BCUT2D eigenvalue weighted by Gasteiger charge is 2.12. The summed E-state index contributed by atoms with van der Waals surface area (Å²) in [4.78, 5) is 10.5. The second-order valence-corrected chi connectivity index (χ2v) is 6.88. The van der Waals surface area contributed by atoms with E-state index in [-0.39, 0.29) is 17.2 Å². The van der Waals surface area contributed by atoms with Crippen LogP contribution in [-0.2, 0) is 6.42 Å². The van der Waals surface area contributed by atoms with Crippen LogP contribution < -0.4 is 0 Å². The molecule has 0 aromatic heterocycles. The van der Waals surface area contributed by atoms with E-state index in [0.29, 0.717) is 23.1 Å². The molecule has 0 aliphatic carbocycles. The second-order valence-electron chi connectivity index (χ2n) is 6.88. The highest BCUT2D eigenvalue weighted by Crippen LogP contribution is 2.35. The molecule has 0 fully saturated rings. The number of phenols is 2. The van der Waals surface area contributed by atoms with E-state index in [9.17, 15) is 20.3 Å². The number of benzene rings is 2. The third-order valence-corrected chi connectivity index (χ3v) is 4.34. The Hall–Kier alpha value is -3.08. The number of nitro groups is 1. The number of hydrogen-bond donors (Lipinski definition) is 2. The Morgan fingerprint density at radius 1 is 1.04 bits per heavy atom. The van der Waals surface area contributed by atoms with Gasteiger partial charge in [0.2, 0.25) is 0 Å². The molecule has 0 spiro atoms. The van der Waals surface area contributed by atoms with Crippen LogP contribution >= 0.6 is 0 Å². The van der Waals surface area contributed by atoms with Gasteiger partial charge in [-0.1, -0.05) is 35.4 Å². The molecule has 0 unspecified atom stereocenters. The van der Waals surface area contributed by atoms with Crippen molar-refractivity contribution in [2.75, 3.05) is 0 Å². The fourth-order valence-electron chi connectivity index (χ4n) is 2.78. The van der Waals surface area contributed by atoms with Gasteiger partial charge >= 0.3 is 0 Å². The van der Waals surface area contributed by atoms with Gasteiger partial charge in [-0.3, -0.25) is 10.1 Å². The molecule has 2 rings (SSSR count). The molecule has 142 valence electrons. The molecule has 0 atom stereocenters. The van der Waals surface area contributed by atoms with E-state index in [1.807, 2.05) is 13.0 Å². The first kappa shape index (κ1) is 20.2. The zero-order valence-corrected chi connectivity index (χ0v) is 15.9. The average molecular weight is 367 g/mol. The zero-order valence-electron chi connectivity index (χ0n) is 15.9. The number of rotatable bonds is 7. The highest BCUT2D eigenvalue weighted by atomic mass is 16.6. The smallest absolute Gasteiger partial charge is 0.270 e. The summed E-state index contributed by atoms with van der Waals surface area (Å²) >= 11 is 0. The van der Waals surface area contributed by atoms with Crippen LogP contribution in [0.1, 0.15) is 39.2 Å². The van der Waals surface area contributed by atoms with Crippen molar-refractivity contribution in [3.8, 4) is 22.6 Å². The minimum absolute atomic E-state index is 0.0233. The van der Waals surface area contributed by atoms with Gasteiger partial charge in [0, 0.05) is 17.7 Å². The van der Waals surface area contributed by atoms with Crippen molar-refractivity contribution in [1.82, 2.24) is 0 Å². The van der Waals surface area contributed by atoms with Crippen molar-refractivity contribution >= 4 is 5.69 Å². The maximum atomic E-state index is 10.9. The lowest BCUT2D eigenvalue weighted by atomic mass is 9.99. The number of allylic oxidation sites excluding steroid dienone is 4. The number of phenolic OH excluding ortho intramolecular Hbond substituents is 2. The lowest BCUT2D eigenvalue weighted by molar-refractivity contribution is -0.384. The Bertz CT molecular complexity index is 870. The predicted molar refractivity (Wildman–Crippen MR) is 108 cm³/mol. The van der Waals surface area contributed by atoms with E-state index >= 15 is 0 Å². The Morgan fingerprint density at radius 3 is 2.30 bits per heavy atom. The van der Waals surface area contributed by atoms with Crippen molar-refractivity contribution in [1.29, 1.82) is 0 Å².